The molecule has 0 bridgehead atoms. The van der Waals surface area contributed by atoms with Gasteiger partial charge in [-0.25, -0.2) is 17.5 Å². The van der Waals surface area contributed by atoms with E-state index in [1.165, 1.54) is 57.6 Å². The maximum absolute atomic E-state index is 12.3. The first-order valence-corrected chi connectivity index (χ1v) is 10.0. The lowest BCUT2D eigenvalue weighted by Crippen LogP contribution is -2.23. The number of carbonyl (C=O) groups is 2. The highest BCUT2D eigenvalue weighted by atomic mass is 35.5. The number of anilines is 2. The van der Waals surface area contributed by atoms with E-state index in [0.29, 0.717) is 5.02 Å². The van der Waals surface area contributed by atoms with E-state index in [-0.39, 0.29) is 27.6 Å². The summed E-state index contributed by atoms with van der Waals surface area (Å²) in [5.41, 5.74) is 6.00. The molecule has 0 aliphatic heterocycles. The van der Waals surface area contributed by atoms with E-state index in [2.05, 4.69) is 5.32 Å². The molecule has 0 atom stereocenters. The summed E-state index contributed by atoms with van der Waals surface area (Å²) in [4.78, 5) is 24.3. The number of amides is 1. The number of methoxy groups -OCH3 is 1. The Morgan fingerprint density at radius 1 is 1.17 bits per heavy atom. The molecule has 3 N–H and O–H groups in total. The highest BCUT2D eigenvalue weighted by Crippen LogP contribution is 2.28. The normalized spacial score (nSPS) is 11.2. The summed E-state index contributed by atoms with van der Waals surface area (Å²) in [6.45, 7) is -0.626. The van der Waals surface area contributed by atoms with Crippen molar-refractivity contribution in [2.45, 2.75) is 4.90 Å². The van der Waals surface area contributed by atoms with E-state index >= 15 is 0 Å². The monoisotopic (exact) mass is 441 g/mol. The van der Waals surface area contributed by atoms with Gasteiger partial charge in [-0.1, -0.05) is 11.6 Å². The van der Waals surface area contributed by atoms with Gasteiger partial charge in [0.2, 0.25) is 10.0 Å². The Labute approximate surface area is 173 Å². The Hall–Kier alpha value is -2.82. The van der Waals surface area contributed by atoms with Gasteiger partial charge in [0.05, 0.1) is 23.3 Å². The van der Waals surface area contributed by atoms with Gasteiger partial charge in [0, 0.05) is 24.8 Å². The van der Waals surface area contributed by atoms with E-state index in [1.54, 1.807) is 0 Å². The van der Waals surface area contributed by atoms with Gasteiger partial charge in [-0.2, -0.15) is 0 Å². The first kappa shape index (κ1) is 22.5. The standard InChI is InChI=1S/C18H20ClN3O6S/c1-22(2)29(25,26)12-5-7-16(27-3)15(9-12)21-17(23)10-28-18(24)13-8-11(19)4-6-14(13)20/h4-9H,10,20H2,1-3H3,(H,21,23). The molecule has 9 nitrogen and oxygen atoms in total. The molecule has 11 heteroatoms. The summed E-state index contributed by atoms with van der Waals surface area (Å²) in [6.07, 6.45) is 0. The van der Waals surface area contributed by atoms with Gasteiger partial charge in [0.1, 0.15) is 5.75 Å². The summed E-state index contributed by atoms with van der Waals surface area (Å²) in [7, 11) is 0.427. The third-order valence-corrected chi connectivity index (χ3v) is 5.84. The van der Waals surface area contributed by atoms with Crippen LogP contribution in [-0.4, -0.2) is 52.4 Å². The van der Waals surface area contributed by atoms with Crippen molar-refractivity contribution in [3.05, 3.63) is 47.0 Å². The number of esters is 1. The Kier molecular flexibility index (Phi) is 7.07. The number of sulfonamides is 1. The number of hydrogen-bond donors (Lipinski definition) is 2. The van der Waals surface area contributed by atoms with Crippen LogP contribution in [0.3, 0.4) is 0 Å². The van der Waals surface area contributed by atoms with Gasteiger partial charge < -0.3 is 20.5 Å². The lowest BCUT2D eigenvalue weighted by atomic mass is 10.2. The topological polar surface area (TPSA) is 128 Å². The molecule has 29 heavy (non-hydrogen) atoms. The molecular formula is C18H20ClN3O6S. The second-order valence-electron chi connectivity index (χ2n) is 6.01. The molecule has 0 saturated carbocycles. The highest BCUT2D eigenvalue weighted by molar-refractivity contribution is 7.89. The van der Waals surface area contributed by atoms with Crippen LogP contribution in [0.15, 0.2) is 41.3 Å². The number of nitrogen functional groups attached to an aromatic ring is 1. The Morgan fingerprint density at radius 2 is 1.86 bits per heavy atom. The van der Waals surface area contributed by atoms with Crippen LogP contribution in [-0.2, 0) is 19.6 Å². The first-order valence-electron chi connectivity index (χ1n) is 8.19. The maximum atomic E-state index is 12.3. The smallest absolute Gasteiger partial charge is 0.340 e. The zero-order chi connectivity index (χ0) is 21.8. The van der Waals surface area contributed by atoms with Gasteiger partial charge in [0.15, 0.2) is 6.61 Å². The van der Waals surface area contributed by atoms with Crippen molar-refractivity contribution >= 4 is 44.9 Å². The Morgan fingerprint density at radius 3 is 2.48 bits per heavy atom. The van der Waals surface area contributed by atoms with Crippen LogP contribution in [0.25, 0.3) is 0 Å². The molecule has 2 aromatic carbocycles. The molecule has 0 fully saturated rings. The number of hydrogen-bond acceptors (Lipinski definition) is 7. The van der Waals surface area contributed by atoms with Gasteiger partial charge in [-0.15, -0.1) is 0 Å². The molecule has 0 radical (unpaired) electrons. The van der Waals surface area contributed by atoms with Gasteiger partial charge in [0.25, 0.3) is 5.91 Å². The summed E-state index contributed by atoms with van der Waals surface area (Å²) < 4.78 is 35.7. The average molecular weight is 442 g/mol. The van der Waals surface area contributed by atoms with E-state index in [9.17, 15) is 18.0 Å². The minimum absolute atomic E-state index is 0.0296. The van der Waals surface area contributed by atoms with Crippen LogP contribution in [0.4, 0.5) is 11.4 Å². The third kappa shape index (κ3) is 5.37. The number of rotatable bonds is 7. The maximum Gasteiger partial charge on any atom is 0.340 e. The summed E-state index contributed by atoms with van der Waals surface area (Å²) >= 11 is 5.83. The lowest BCUT2D eigenvalue weighted by molar-refractivity contribution is -0.119. The molecule has 2 aromatic rings. The SMILES string of the molecule is COc1ccc(S(=O)(=O)N(C)C)cc1NC(=O)COC(=O)c1cc(Cl)ccc1N. The molecule has 0 spiro atoms. The number of halogens is 1. The van der Waals surface area contributed by atoms with Crippen LogP contribution in [0, 0.1) is 0 Å². The third-order valence-electron chi connectivity index (χ3n) is 3.79. The predicted octanol–water partition coefficient (Wildman–Crippen LogP) is 1.98. The molecule has 2 rings (SSSR count). The van der Waals surface area contributed by atoms with Crippen LogP contribution in [0.1, 0.15) is 10.4 Å². The minimum atomic E-state index is -3.72. The van der Waals surface area contributed by atoms with Crippen molar-refractivity contribution in [1.29, 1.82) is 0 Å². The van der Waals surface area contributed by atoms with Crippen LogP contribution >= 0.6 is 11.6 Å². The van der Waals surface area contributed by atoms with E-state index < -0.39 is 28.5 Å². The first-order chi connectivity index (χ1) is 13.6. The molecule has 0 saturated heterocycles. The second kappa shape index (κ2) is 9.12. The molecule has 0 aliphatic carbocycles. The largest absolute Gasteiger partial charge is 0.495 e. The van der Waals surface area contributed by atoms with Crippen molar-refractivity contribution in [2.24, 2.45) is 0 Å². The molecule has 156 valence electrons. The van der Waals surface area contributed by atoms with Crippen molar-refractivity contribution in [1.82, 2.24) is 4.31 Å². The lowest BCUT2D eigenvalue weighted by Gasteiger charge is -2.15. The number of nitrogens with two attached hydrogens (primary N) is 1. The molecule has 1 amide bonds. The molecular weight excluding hydrogens is 422 g/mol. The van der Waals surface area contributed by atoms with Crippen LogP contribution in [0.5, 0.6) is 5.75 Å². The van der Waals surface area contributed by atoms with E-state index in [4.69, 9.17) is 26.8 Å². The van der Waals surface area contributed by atoms with Gasteiger partial charge in [-0.05, 0) is 36.4 Å². The second-order valence-corrected chi connectivity index (χ2v) is 8.59. The predicted molar refractivity (Wildman–Crippen MR) is 109 cm³/mol. The fraction of sp³-hybridized carbons (Fsp3) is 0.222. The highest BCUT2D eigenvalue weighted by Gasteiger charge is 2.20. The molecule has 0 heterocycles. The summed E-state index contributed by atoms with van der Waals surface area (Å²) in [5.74, 6) is -1.28. The number of benzene rings is 2. The van der Waals surface area contributed by atoms with Gasteiger partial charge in [-0.3, -0.25) is 4.79 Å². The van der Waals surface area contributed by atoms with E-state index in [1.807, 2.05) is 0 Å². The van der Waals surface area contributed by atoms with Crippen molar-refractivity contribution < 1.29 is 27.5 Å². The molecule has 0 unspecified atom stereocenters. The van der Waals surface area contributed by atoms with Crippen molar-refractivity contribution in [2.75, 3.05) is 38.9 Å². The number of nitrogens with one attached hydrogen (secondary N) is 1. The van der Waals surface area contributed by atoms with E-state index in [0.717, 1.165) is 4.31 Å². The van der Waals surface area contributed by atoms with Crippen molar-refractivity contribution in [3.63, 3.8) is 0 Å². The zero-order valence-electron chi connectivity index (χ0n) is 15.9. The summed E-state index contributed by atoms with van der Waals surface area (Å²) in [6, 6.07) is 8.30. The minimum Gasteiger partial charge on any atom is -0.495 e. The fourth-order valence-electron chi connectivity index (χ4n) is 2.26. The molecule has 0 aromatic heterocycles. The summed E-state index contributed by atoms with van der Waals surface area (Å²) in [5, 5.41) is 2.76. The number of nitrogens with zero attached hydrogens (tertiary/aromatic N) is 1. The Balaban J connectivity index is 2.14. The quantitative estimate of drug-likeness (QED) is 0.496. The van der Waals surface area contributed by atoms with Crippen LogP contribution in [0.2, 0.25) is 5.02 Å². The fourth-order valence-corrected chi connectivity index (χ4v) is 3.36. The molecule has 0 aliphatic rings. The van der Waals surface area contributed by atoms with Crippen LogP contribution < -0.4 is 15.8 Å². The number of ether oxygens (including phenoxy) is 2. The zero-order valence-corrected chi connectivity index (χ0v) is 17.5. The Bertz CT molecular complexity index is 1040. The average Bonchev–Trinajstić information content (AvgIpc) is 2.67. The number of carbonyl (C=O) groups excluding carboxylic acids is 2. The van der Waals surface area contributed by atoms with Crippen molar-refractivity contribution in [3.8, 4) is 5.75 Å². The van der Waals surface area contributed by atoms with Gasteiger partial charge >= 0.3 is 5.97 Å².